The minimum absolute atomic E-state index is 0.281. The molecule has 1 fully saturated rings. The summed E-state index contributed by atoms with van der Waals surface area (Å²) in [6.07, 6.45) is 8.26. The maximum absolute atomic E-state index is 11.7. The highest BCUT2D eigenvalue weighted by Gasteiger charge is 2.19. The number of hydrogen-bond donors (Lipinski definition) is 0. The molecule has 0 aromatic heterocycles. The van der Waals surface area contributed by atoms with Crippen LogP contribution in [-0.2, 0) is 6.42 Å². The van der Waals surface area contributed by atoms with Crippen LogP contribution in [-0.4, -0.2) is 12.4 Å². The summed E-state index contributed by atoms with van der Waals surface area (Å²) in [6, 6.07) is 14.6. The summed E-state index contributed by atoms with van der Waals surface area (Å²) in [5.41, 5.74) is 4.46. The fourth-order valence-corrected chi connectivity index (χ4v) is 3.95. The first-order valence-corrected chi connectivity index (χ1v) is 9.19. The summed E-state index contributed by atoms with van der Waals surface area (Å²) in [5.74, 6) is 1.97. The predicted molar refractivity (Wildman–Crippen MR) is 96.6 cm³/mol. The normalized spacial score (nSPS) is 17.8. The Hall–Kier alpha value is -2.09. The molecule has 2 aliphatic rings. The van der Waals surface area contributed by atoms with Crippen LogP contribution >= 0.6 is 0 Å². The molecule has 2 aromatic rings. The van der Waals surface area contributed by atoms with E-state index in [-0.39, 0.29) is 5.78 Å². The number of rotatable bonds is 4. The van der Waals surface area contributed by atoms with E-state index in [1.165, 1.54) is 48.8 Å². The summed E-state index contributed by atoms with van der Waals surface area (Å²) < 4.78 is 5.98. The smallest absolute Gasteiger partial charge is 0.163 e. The minimum atomic E-state index is 0.281. The first kappa shape index (κ1) is 15.4. The number of fused-ring (bicyclic) bond motifs is 1. The molecule has 4 rings (SSSR count). The summed E-state index contributed by atoms with van der Waals surface area (Å²) in [5, 5.41) is 0. The molecule has 0 spiro atoms. The van der Waals surface area contributed by atoms with E-state index >= 15 is 0 Å². The molecule has 2 aromatic carbocycles. The van der Waals surface area contributed by atoms with Crippen LogP contribution in [0.25, 0.3) is 11.1 Å². The Morgan fingerprint density at radius 1 is 0.875 bits per heavy atom. The molecule has 0 N–H and O–H groups in total. The fourth-order valence-electron chi connectivity index (χ4n) is 3.95. The number of carbonyl (C=O) groups is 1. The zero-order valence-corrected chi connectivity index (χ0v) is 14.1. The lowest BCUT2D eigenvalue weighted by Gasteiger charge is -2.21. The molecule has 0 bridgehead atoms. The van der Waals surface area contributed by atoms with Gasteiger partial charge in [-0.15, -0.1) is 0 Å². The molecule has 0 saturated heterocycles. The van der Waals surface area contributed by atoms with Crippen LogP contribution in [0.3, 0.4) is 0 Å². The van der Waals surface area contributed by atoms with Gasteiger partial charge in [0.1, 0.15) is 5.75 Å². The molecule has 0 radical (unpaired) electrons. The highest BCUT2D eigenvalue weighted by atomic mass is 16.5. The average Bonchev–Trinajstić information content (AvgIpc) is 3.02. The number of carbonyl (C=O) groups excluding carboxylic acids is 1. The number of aryl methyl sites for hydroxylation is 1. The van der Waals surface area contributed by atoms with Gasteiger partial charge in [0.15, 0.2) is 5.78 Å². The lowest BCUT2D eigenvalue weighted by molar-refractivity contribution is 0.0994. The standard InChI is InChI=1S/C22H24O2/c23-22-13-9-19-14-18(8-12-21(19)22)17-6-10-20(11-7-17)24-15-16-4-2-1-3-5-16/h6-8,10-12,14,16H,1-5,9,13,15H2. The Kier molecular flexibility index (Phi) is 4.38. The summed E-state index contributed by atoms with van der Waals surface area (Å²) in [7, 11) is 0. The Labute approximate surface area is 143 Å². The molecule has 2 heteroatoms. The third-order valence-corrected chi connectivity index (χ3v) is 5.43. The topological polar surface area (TPSA) is 26.3 Å². The van der Waals surface area contributed by atoms with Crippen molar-refractivity contribution in [1.29, 1.82) is 0 Å². The van der Waals surface area contributed by atoms with E-state index in [1.54, 1.807) is 0 Å². The third-order valence-electron chi connectivity index (χ3n) is 5.43. The number of ketones is 1. The van der Waals surface area contributed by atoms with Crippen molar-refractivity contribution in [3.63, 3.8) is 0 Å². The molecule has 1 saturated carbocycles. The van der Waals surface area contributed by atoms with Crippen LogP contribution in [0.15, 0.2) is 42.5 Å². The van der Waals surface area contributed by atoms with Crippen molar-refractivity contribution in [2.75, 3.05) is 6.61 Å². The Bertz CT molecular complexity index is 724. The second-order valence-corrected chi connectivity index (χ2v) is 7.13. The number of hydrogen-bond acceptors (Lipinski definition) is 2. The Morgan fingerprint density at radius 3 is 2.42 bits per heavy atom. The summed E-state index contributed by atoms with van der Waals surface area (Å²) in [4.78, 5) is 11.7. The van der Waals surface area contributed by atoms with Gasteiger partial charge in [-0.05, 0) is 54.0 Å². The van der Waals surface area contributed by atoms with E-state index in [1.807, 2.05) is 6.07 Å². The Morgan fingerprint density at radius 2 is 1.62 bits per heavy atom. The maximum Gasteiger partial charge on any atom is 0.163 e. The quantitative estimate of drug-likeness (QED) is 0.749. The largest absolute Gasteiger partial charge is 0.493 e. The number of Topliss-reactive ketones (excluding diaryl/α,β-unsaturated/α-hetero) is 1. The highest BCUT2D eigenvalue weighted by Crippen LogP contribution is 2.29. The van der Waals surface area contributed by atoms with Gasteiger partial charge in [-0.3, -0.25) is 4.79 Å². The third kappa shape index (κ3) is 3.24. The monoisotopic (exact) mass is 320 g/mol. The molecule has 0 heterocycles. The van der Waals surface area contributed by atoms with E-state index in [0.29, 0.717) is 6.42 Å². The van der Waals surface area contributed by atoms with Gasteiger partial charge in [-0.1, -0.05) is 49.6 Å². The second-order valence-electron chi connectivity index (χ2n) is 7.13. The first-order chi connectivity index (χ1) is 11.8. The lowest BCUT2D eigenvalue weighted by Crippen LogP contribution is -2.15. The van der Waals surface area contributed by atoms with Crippen LogP contribution in [0.2, 0.25) is 0 Å². The van der Waals surface area contributed by atoms with Gasteiger partial charge in [-0.25, -0.2) is 0 Å². The summed E-state index contributed by atoms with van der Waals surface area (Å²) in [6.45, 7) is 0.848. The van der Waals surface area contributed by atoms with Crippen LogP contribution in [0.4, 0.5) is 0 Å². The van der Waals surface area contributed by atoms with Crippen molar-refractivity contribution >= 4 is 5.78 Å². The molecular formula is C22H24O2. The average molecular weight is 320 g/mol. The van der Waals surface area contributed by atoms with Gasteiger partial charge < -0.3 is 4.74 Å². The molecule has 0 amide bonds. The number of ether oxygens (including phenoxy) is 1. The first-order valence-electron chi connectivity index (χ1n) is 9.19. The van der Waals surface area contributed by atoms with Crippen molar-refractivity contribution in [3.8, 4) is 16.9 Å². The van der Waals surface area contributed by atoms with Crippen molar-refractivity contribution in [2.24, 2.45) is 5.92 Å². The predicted octanol–water partition coefficient (Wildman–Crippen LogP) is 5.44. The lowest BCUT2D eigenvalue weighted by atomic mass is 9.90. The van der Waals surface area contributed by atoms with Gasteiger partial charge in [0.2, 0.25) is 0 Å². The van der Waals surface area contributed by atoms with E-state index in [2.05, 4.69) is 36.4 Å². The molecule has 2 nitrogen and oxygen atoms in total. The summed E-state index contributed by atoms with van der Waals surface area (Å²) >= 11 is 0. The molecule has 2 aliphatic carbocycles. The van der Waals surface area contributed by atoms with Crippen LogP contribution in [0, 0.1) is 5.92 Å². The Balaban J connectivity index is 1.43. The second kappa shape index (κ2) is 6.80. The van der Waals surface area contributed by atoms with Crippen LogP contribution in [0.1, 0.15) is 54.4 Å². The van der Waals surface area contributed by atoms with Crippen LogP contribution in [0.5, 0.6) is 5.75 Å². The van der Waals surface area contributed by atoms with E-state index in [0.717, 1.165) is 30.3 Å². The van der Waals surface area contributed by atoms with Crippen molar-refractivity contribution in [1.82, 2.24) is 0 Å². The van der Waals surface area contributed by atoms with E-state index in [4.69, 9.17) is 4.74 Å². The van der Waals surface area contributed by atoms with E-state index in [9.17, 15) is 4.79 Å². The SMILES string of the molecule is O=C1CCc2cc(-c3ccc(OCC4CCCCC4)cc3)ccc21. The molecule has 124 valence electrons. The molecule has 0 aliphatic heterocycles. The zero-order chi connectivity index (χ0) is 16.4. The molecular weight excluding hydrogens is 296 g/mol. The molecule has 0 unspecified atom stereocenters. The zero-order valence-electron chi connectivity index (χ0n) is 14.1. The molecule has 0 atom stereocenters. The maximum atomic E-state index is 11.7. The van der Waals surface area contributed by atoms with Gasteiger partial charge in [0.05, 0.1) is 6.61 Å². The van der Waals surface area contributed by atoms with Crippen molar-refractivity contribution < 1.29 is 9.53 Å². The van der Waals surface area contributed by atoms with E-state index < -0.39 is 0 Å². The molecule has 24 heavy (non-hydrogen) atoms. The van der Waals surface area contributed by atoms with Crippen molar-refractivity contribution in [3.05, 3.63) is 53.6 Å². The van der Waals surface area contributed by atoms with Crippen molar-refractivity contribution in [2.45, 2.75) is 44.9 Å². The number of benzene rings is 2. The highest BCUT2D eigenvalue weighted by molar-refractivity contribution is 6.00. The van der Waals surface area contributed by atoms with Gasteiger partial charge in [0, 0.05) is 12.0 Å². The van der Waals surface area contributed by atoms with Crippen LogP contribution < -0.4 is 4.74 Å². The van der Waals surface area contributed by atoms with Gasteiger partial charge in [-0.2, -0.15) is 0 Å². The minimum Gasteiger partial charge on any atom is -0.493 e. The van der Waals surface area contributed by atoms with Gasteiger partial charge >= 0.3 is 0 Å². The van der Waals surface area contributed by atoms with Gasteiger partial charge in [0.25, 0.3) is 0 Å². The fraction of sp³-hybridized carbons (Fsp3) is 0.409.